The molecule has 4 aromatic carbocycles. The highest BCUT2D eigenvalue weighted by Crippen LogP contribution is 2.40. The first-order valence-corrected chi connectivity index (χ1v) is 16.1. The number of nitrogens with zero attached hydrogens (tertiary/aromatic N) is 3. The first-order valence-electron chi connectivity index (χ1n) is 15.3. The van der Waals surface area contributed by atoms with Crippen molar-refractivity contribution in [2.45, 2.75) is 38.9 Å². The fourth-order valence-corrected chi connectivity index (χ4v) is 6.54. The molecule has 0 aliphatic heterocycles. The third kappa shape index (κ3) is 7.73. The van der Waals surface area contributed by atoms with Crippen LogP contribution in [0.1, 0.15) is 50.3 Å². The van der Waals surface area contributed by atoms with Crippen LogP contribution in [-0.4, -0.2) is 22.0 Å². The Bertz CT molecular complexity index is 1970. The molecule has 0 saturated carbocycles. The Morgan fingerprint density at radius 1 is 0.812 bits per heavy atom. The molecule has 0 fully saturated rings. The average molecular weight is 663 g/mol. The third-order valence-corrected chi connectivity index (χ3v) is 9.01. The number of fused-ring (bicyclic) bond motifs is 1. The topological polar surface area (TPSA) is 146 Å². The molecule has 1 aliphatic rings. The molecule has 1 aromatic heterocycles. The quantitative estimate of drug-likeness (QED) is 0.0799. The van der Waals surface area contributed by atoms with Gasteiger partial charge in [-0.1, -0.05) is 18.2 Å². The van der Waals surface area contributed by atoms with Gasteiger partial charge in [-0.25, -0.2) is 4.99 Å². The number of benzene rings is 4. The van der Waals surface area contributed by atoms with Crippen LogP contribution in [0.15, 0.2) is 102 Å². The summed E-state index contributed by atoms with van der Waals surface area (Å²) in [6, 6.07) is 26.9. The van der Waals surface area contributed by atoms with E-state index in [1.165, 1.54) is 40.5 Å². The van der Waals surface area contributed by atoms with Gasteiger partial charge in [0.15, 0.2) is 0 Å². The lowest BCUT2D eigenvalue weighted by molar-refractivity contribution is -0.385. The van der Waals surface area contributed by atoms with Gasteiger partial charge in [-0.3, -0.25) is 25.0 Å². The lowest BCUT2D eigenvalue weighted by Gasteiger charge is -2.13. The Morgan fingerprint density at radius 3 is 2.08 bits per heavy atom. The Labute approximate surface area is 279 Å². The Balaban J connectivity index is 1.27. The molecule has 0 unspecified atom stereocenters. The molecule has 0 atom stereocenters. The molecule has 1 heterocycles. The predicted octanol–water partition coefficient (Wildman–Crippen LogP) is 8.60. The molecule has 242 valence electrons. The lowest BCUT2D eigenvalue weighted by atomic mass is 9.95. The van der Waals surface area contributed by atoms with Gasteiger partial charge in [0.1, 0.15) is 29.7 Å². The Kier molecular flexibility index (Phi) is 9.82. The van der Waals surface area contributed by atoms with Gasteiger partial charge in [0, 0.05) is 52.7 Å². The normalized spacial score (nSPS) is 12.3. The molecular formula is C36H30N4O7S. The van der Waals surface area contributed by atoms with E-state index in [9.17, 15) is 25.0 Å². The molecule has 0 spiro atoms. The number of para-hydroxylation sites is 1. The van der Waals surface area contributed by atoms with Gasteiger partial charge >= 0.3 is 0 Å². The summed E-state index contributed by atoms with van der Waals surface area (Å²) in [4.78, 5) is 40.7. The highest BCUT2D eigenvalue weighted by molar-refractivity contribution is 7.16. The number of aryl methyl sites for hydroxylation is 1. The number of nitro benzene ring substituents is 2. The van der Waals surface area contributed by atoms with E-state index in [4.69, 9.17) is 14.5 Å². The molecule has 11 nitrogen and oxygen atoms in total. The molecule has 0 radical (unpaired) electrons. The zero-order valence-electron chi connectivity index (χ0n) is 25.7. The fraction of sp³-hybridized carbons (Fsp3) is 0.167. The summed E-state index contributed by atoms with van der Waals surface area (Å²) in [5, 5.41) is 25.7. The van der Waals surface area contributed by atoms with E-state index in [0.717, 1.165) is 42.4 Å². The molecule has 1 amide bonds. The monoisotopic (exact) mass is 662 g/mol. The Morgan fingerprint density at radius 2 is 1.44 bits per heavy atom. The molecule has 0 bridgehead atoms. The minimum atomic E-state index is -0.457. The van der Waals surface area contributed by atoms with Gasteiger partial charge in [0.2, 0.25) is 0 Å². The number of aliphatic imine (C=N–C) groups is 1. The molecular weight excluding hydrogens is 632 g/mol. The van der Waals surface area contributed by atoms with Crippen LogP contribution in [0.25, 0.3) is 0 Å². The van der Waals surface area contributed by atoms with E-state index in [-0.39, 0.29) is 30.5 Å². The number of carbonyl (C=O) groups is 1. The van der Waals surface area contributed by atoms with Crippen molar-refractivity contribution in [2.24, 2.45) is 4.99 Å². The number of hydrogen-bond donors (Lipinski definition) is 1. The standard InChI is InChI=1S/C36H30N4O7S/c41-35(38-27-6-2-1-3-7-27)34-31-8-4-5-9-33(31)48-36(34)37-21-26-14-19-30(46-22-24-10-15-28(16-11-24)39(42)43)20-32(26)47-23-25-12-17-29(18-13-25)40(44)45/h1-3,6-7,10-21H,4-5,8-9,22-23H2,(H,38,41). The number of anilines is 1. The molecule has 1 aliphatic carbocycles. The number of nitro groups is 2. The summed E-state index contributed by atoms with van der Waals surface area (Å²) in [6.45, 7) is 0.302. The number of nitrogens with one attached hydrogen (secondary N) is 1. The minimum Gasteiger partial charge on any atom is -0.489 e. The van der Waals surface area contributed by atoms with Crippen molar-refractivity contribution in [3.8, 4) is 11.5 Å². The summed E-state index contributed by atoms with van der Waals surface area (Å²) in [7, 11) is 0. The van der Waals surface area contributed by atoms with Gasteiger partial charge in [0.05, 0.1) is 15.4 Å². The highest BCUT2D eigenvalue weighted by atomic mass is 32.1. The molecule has 5 aromatic rings. The maximum Gasteiger partial charge on any atom is 0.269 e. The van der Waals surface area contributed by atoms with Crippen molar-refractivity contribution in [1.29, 1.82) is 0 Å². The number of rotatable bonds is 12. The van der Waals surface area contributed by atoms with Crippen LogP contribution in [0.4, 0.5) is 22.1 Å². The summed E-state index contributed by atoms with van der Waals surface area (Å²) < 4.78 is 12.2. The van der Waals surface area contributed by atoms with E-state index in [1.807, 2.05) is 30.3 Å². The van der Waals surface area contributed by atoms with E-state index in [0.29, 0.717) is 33.3 Å². The van der Waals surface area contributed by atoms with Crippen molar-refractivity contribution >= 4 is 45.5 Å². The average Bonchev–Trinajstić information content (AvgIpc) is 3.48. The van der Waals surface area contributed by atoms with Crippen LogP contribution in [0.3, 0.4) is 0 Å². The van der Waals surface area contributed by atoms with Crippen LogP contribution in [-0.2, 0) is 26.1 Å². The van der Waals surface area contributed by atoms with Crippen LogP contribution < -0.4 is 14.8 Å². The molecule has 0 saturated heterocycles. The summed E-state index contributed by atoms with van der Waals surface area (Å²) in [5.74, 6) is 0.756. The fourth-order valence-electron chi connectivity index (χ4n) is 5.31. The van der Waals surface area contributed by atoms with Crippen LogP contribution in [0.2, 0.25) is 0 Å². The van der Waals surface area contributed by atoms with E-state index in [2.05, 4.69) is 5.32 Å². The van der Waals surface area contributed by atoms with Gasteiger partial charge in [-0.2, -0.15) is 0 Å². The molecule has 12 heteroatoms. The van der Waals surface area contributed by atoms with Crippen LogP contribution >= 0.6 is 11.3 Å². The zero-order valence-corrected chi connectivity index (χ0v) is 26.5. The maximum atomic E-state index is 13.6. The van der Waals surface area contributed by atoms with Crippen LogP contribution in [0.5, 0.6) is 11.5 Å². The summed E-state index contributed by atoms with van der Waals surface area (Å²) in [6.07, 6.45) is 5.48. The number of thiophene rings is 1. The van der Waals surface area contributed by atoms with Crippen molar-refractivity contribution < 1.29 is 24.1 Å². The molecule has 6 rings (SSSR count). The van der Waals surface area contributed by atoms with E-state index < -0.39 is 9.85 Å². The van der Waals surface area contributed by atoms with Gasteiger partial charge in [-0.15, -0.1) is 11.3 Å². The SMILES string of the molecule is O=C(Nc1ccccc1)c1c(N=Cc2ccc(OCc3ccc([N+](=O)[O-])cc3)cc2OCc2ccc([N+](=O)[O-])cc2)sc2c1CCCC2. The number of non-ortho nitro benzene ring substituents is 2. The number of amides is 1. The predicted molar refractivity (Wildman–Crippen MR) is 184 cm³/mol. The highest BCUT2D eigenvalue weighted by Gasteiger charge is 2.25. The van der Waals surface area contributed by atoms with Crippen molar-refractivity contribution in [3.05, 3.63) is 150 Å². The van der Waals surface area contributed by atoms with Crippen molar-refractivity contribution in [2.75, 3.05) is 5.32 Å². The Hall–Kier alpha value is -5.88. The lowest BCUT2D eigenvalue weighted by Crippen LogP contribution is -2.14. The smallest absolute Gasteiger partial charge is 0.269 e. The zero-order chi connectivity index (χ0) is 33.5. The largest absolute Gasteiger partial charge is 0.489 e. The number of ether oxygens (including phenoxy) is 2. The summed E-state index contributed by atoms with van der Waals surface area (Å²) in [5.41, 5.74) is 4.45. The summed E-state index contributed by atoms with van der Waals surface area (Å²) >= 11 is 1.53. The van der Waals surface area contributed by atoms with Gasteiger partial charge in [-0.05, 0) is 90.9 Å². The van der Waals surface area contributed by atoms with Crippen molar-refractivity contribution in [1.82, 2.24) is 0 Å². The molecule has 1 N–H and O–H groups in total. The van der Waals surface area contributed by atoms with Crippen LogP contribution in [0, 0.1) is 20.2 Å². The second kappa shape index (κ2) is 14.7. The maximum absolute atomic E-state index is 13.6. The first-order chi connectivity index (χ1) is 23.3. The molecule has 48 heavy (non-hydrogen) atoms. The second-order valence-electron chi connectivity index (χ2n) is 11.1. The second-order valence-corrected chi connectivity index (χ2v) is 12.2. The van der Waals surface area contributed by atoms with E-state index >= 15 is 0 Å². The first kappa shape index (κ1) is 32.1. The third-order valence-electron chi connectivity index (χ3n) is 7.81. The van der Waals surface area contributed by atoms with Gasteiger partial charge < -0.3 is 14.8 Å². The van der Waals surface area contributed by atoms with Crippen molar-refractivity contribution in [3.63, 3.8) is 0 Å². The number of hydrogen-bond acceptors (Lipinski definition) is 9. The van der Waals surface area contributed by atoms with Gasteiger partial charge in [0.25, 0.3) is 17.3 Å². The van der Waals surface area contributed by atoms with E-state index in [1.54, 1.807) is 48.7 Å². The number of carbonyl (C=O) groups excluding carboxylic acids is 1. The minimum absolute atomic E-state index is 0.00313.